The van der Waals surface area contributed by atoms with Crippen molar-refractivity contribution in [2.75, 3.05) is 18.1 Å². The summed E-state index contributed by atoms with van der Waals surface area (Å²) >= 11 is 6.30. The molecular weight excluding hydrogens is 347 g/mol. The zero-order chi connectivity index (χ0) is 18.1. The SMILES string of the molecule is CCOC(=O)C1(Cl)C(=O)N(c2cccc(C(F)(F)F)c2)CC1CC. The number of esters is 1. The Bertz CT molecular complexity index is 650. The lowest BCUT2D eigenvalue weighted by molar-refractivity contribution is -0.150. The molecule has 1 aromatic rings. The number of benzene rings is 1. The lowest BCUT2D eigenvalue weighted by Gasteiger charge is -2.23. The number of halogens is 4. The molecule has 0 spiro atoms. The lowest BCUT2D eigenvalue weighted by Crippen LogP contribution is -2.46. The third-order valence-corrected chi connectivity index (χ3v) is 4.70. The third-order valence-electron chi connectivity index (χ3n) is 4.07. The molecule has 1 aromatic carbocycles. The Balaban J connectivity index is 2.40. The molecule has 1 fully saturated rings. The van der Waals surface area contributed by atoms with Crippen LogP contribution in [0.15, 0.2) is 24.3 Å². The molecule has 2 atom stereocenters. The second-order valence-electron chi connectivity index (χ2n) is 5.50. The van der Waals surface area contributed by atoms with E-state index in [9.17, 15) is 22.8 Å². The molecule has 2 unspecified atom stereocenters. The van der Waals surface area contributed by atoms with E-state index in [1.165, 1.54) is 12.1 Å². The van der Waals surface area contributed by atoms with Gasteiger partial charge in [-0.3, -0.25) is 4.79 Å². The maximum absolute atomic E-state index is 12.9. The first-order valence-corrected chi connectivity index (χ1v) is 7.89. The summed E-state index contributed by atoms with van der Waals surface area (Å²) in [5.74, 6) is -2.17. The van der Waals surface area contributed by atoms with Crippen molar-refractivity contribution < 1.29 is 27.5 Å². The molecule has 1 saturated heterocycles. The average molecular weight is 364 g/mol. The van der Waals surface area contributed by atoms with Crippen molar-refractivity contribution >= 4 is 29.2 Å². The van der Waals surface area contributed by atoms with Crippen molar-refractivity contribution in [3.63, 3.8) is 0 Å². The first kappa shape index (κ1) is 18.6. The summed E-state index contributed by atoms with van der Waals surface area (Å²) in [5.41, 5.74) is -0.816. The van der Waals surface area contributed by atoms with Crippen LogP contribution in [0.3, 0.4) is 0 Å². The zero-order valence-electron chi connectivity index (χ0n) is 13.2. The Hall–Kier alpha value is -1.76. The van der Waals surface area contributed by atoms with Gasteiger partial charge in [0.05, 0.1) is 12.2 Å². The molecule has 0 bridgehead atoms. The zero-order valence-corrected chi connectivity index (χ0v) is 13.9. The van der Waals surface area contributed by atoms with E-state index in [1.807, 2.05) is 0 Å². The molecule has 4 nitrogen and oxygen atoms in total. The number of nitrogens with zero attached hydrogens (tertiary/aromatic N) is 1. The monoisotopic (exact) mass is 363 g/mol. The van der Waals surface area contributed by atoms with Gasteiger partial charge in [0.2, 0.25) is 4.87 Å². The summed E-state index contributed by atoms with van der Waals surface area (Å²) in [6.07, 6.45) is -4.12. The van der Waals surface area contributed by atoms with Crippen LogP contribution in [0, 0.1) is 5.92 Å². The van der Waals surface area contributed by atoms with Crippen LogP contribution < -0.4 is 4.90 Å². The van der Waals surface area contributed by atoms with E-state index in [-0.39, 0.29) is 18.8 Å². The van der Waals surface area contributed by atoms with Crippen LogP contribution in [-0.2, 0) is 20.5 Å². The van der Waals surface area contributed by atoms with Crippen molar-refractivity contribution in [1.82, 2.24) is 0 Å². The van der Waals surface area contributed by atoms with Crippen molar-refractivity contribution in [2.24, 2.45) is 5.92 Å². The fourth-order valence-electron chi connectivity index (χ4n) is 2.77. The quantitative estimate of drug-likeness (QED) is 0.466. The highest BCUT2D eigenvalue weighted by atomic mass is 35.5. The van der Waals surface area contributed by atoms with Crippen LogP contribution in [0.25, 0.3) is 0 Å². The van der Waals surface area contributed by atoms with Crippen LogP contribution in [0.1, 0.15) is 25.8 Å². The van der Waals surface area contributed by atoms with Gasteiger partial charge < -0.3 is 9.64 Å². The largest absolute Gasteiger partial charge is 0.464 e. The summed E-state index contributed by atoms with van der Waals surface area (Å²) in [7, 11) is 0. The fraction of sp³-hybridized carbons (Fsp3) is 0.500. The first-order chi connectivity index (χ1) is 11.2. The summed E-state index contributed by atoms with van der Waals surface area (Å²) in [6.45, 7) is 3.45. The van der Waals surface area contributed by atoms with Gasteiger partial charge in [-0.25, -0.2) is 4.79 Å². The minimum Gasteiger partial charge on any atom is -0.464 e. The molecule has 0 aromatic heterocycles. The Morgan fingerprint density at radius 2 is 2.08 bits per heavy atom. The van der Waals surface area contributed by atoms with Gasteiger partial charge in [0, 0.05) is 18.2 Å². The van der Waals surface area contributed by atoms with Gasteiger partial charge in [-0.1, -0.05) is 24.6 Å². The summed E-state index contributed by atoms with van der Waals surface area (Å²) in [6, 6.07) is 4.39. The lowest BCUT2D eigenvalue weighted by atomic mass is 9.92. The van der Waals surface area contributed by atoms with E-state index in [0.29, 0.717) is 6.42 Å². The molecule has 1 aliphatic rings. The van der Waals surface area contributed by atoms with Crippen molar-refractivity contribution in [3.8, 4) is 0 Å². The number of anilines is 1. The van der Waals surface area contributed by atoms with Crippen LogP contribution >= 0.6 is 11.6 Å². The van der Waals surface area contributed by atoms with Gasteiger partial charge in [0.15, 0.2) is 0 Å². The number of carbonyl (C=O) groups excluding carboxylic acids is 2. The Morgan fingerprint density at radius 3 is 2.62 bits per heavy atom. The van der Waals surface area contributed by atoms with Crippen LogP contribution in [0.2, 0.25) is 0 Å². The van der Waals surface area contributed by atoms with E-state index >= 15 is 0 Å². The predicted molar refractivity (Wildman–Crippen MR) is 82.8 cm³/mol. The standard InChI is InChI=1S/C16H17ClF3NO3/c1-3-10-9-21(13(22)15(10,17)14(23)24-4-2)12-7-5-6-11(8-12)16(18,19)20/h5-8,10H,3-4,9H2,1-2H3. The maximum Gasteiger partial charge on any atom is 0.416 e. The van der Waals surface area contributed by atoms with Crippen molar-refractivity contribution in [2.45, 2.75) is 31.3 Å². The van der Waals surface area contributed by atoms with E-state index < -0.39 is 34.4 Å². The van der Waals surface area contributed by atoms with Crippen LogP contribution in [-0.4, -0.2) is 29.9 Å². The second-order valence-corrected chi connectivity index (χ2v) is 6.10. The highest BCUT2D eigenvalue weighted by Gasteiger charge is 2.59. The third kappa shape index (κ3) is 3.09. The van der Waals surface area contributed by atoms with E-state index in [0.717, 1.165) is 17.0 Å². The smallest absolute Gasteiger partial charge is 0.416 e. The van der Waals surface area contributed by atoms with Crippen LogP contribution in [0.5, 0.6) is 0 Å². The number of ether oxygens (including phenoxy) is 1. The highest BCUT2D eigenvalue weighted by molar-refractivity contribution is 6.48. The Morgan fingerprint density at radius 1 is 1.42 bits per heavy atom. The first-order valence-electron chi connectivity index (χ1n) is 7.51. The normalized spacial score (nSPS) is 24.3. The molecule has 0 saturated carbocycles. The molecule has 24 heavy (non-hydrogen) atoms. The molecular formula is C16H17ClF3NO3. The molecule has 0 radical (unpaired) electrons. The number of hydrogen-bond acceptors (Lipinski definition) is 3. The van der Waals surface area contributed by atoms with Crippen molar-refractivity contribution in [3.05, 3.63) is 29.8 Å². The number of alkyl halides is 4. The van der Waals surface area contributed by atoms with Crippen molar-refractivity contribution in [1.29, 1.82) is 0 Å². The summed E-state index contributed by atoms with van der Waals surface area (Å²) in [5, 5.41) is 0. The van der Waals surface area contributed by atoms with Gasteiger partial charge >= 0.3 is 12.1 Å². The van der Waals surface area contributed by atoms with Gasteiger partial charge in [0.1, 0.15) is 0 Å². The number of rotatable bonds is 4. The number of hydrogen-bond donors (Lipinski definition) is 0. The minimum absolute atomic E-state index is 0.0545. The topological polar surface area (TPSA) is 46.6 Å². The molecule has 8 heteroatoms. The van der Waals surface area contributed by atoms with E-state index in [4.69, 9.17) is 16.3 Å². The Kier molecular flexibility index (Phi) is 5.13. The summed E-state index contributed by atoms with van der Waals surface area (Å²) in [4.78, 5) is 24.1. The predicted octanol–water partition coefficient (Wildman–Crippen LogP) is 3.62. The highest BCUT2D eigenvalue weighted by Crippen LogP contribution is 2.41. The van der Waals surface area contributed by atoms with Gasteiger partial charge in [0.25, 0.3) is 5.91 Å². The number of carbonyl (C=O) groups is 2. The second kappa shape index (κ2) is 6.63. The molecule has 132 valence electrons. The minimum atomic E-state index is -4.53. The molecule has 1 aliphatic heterocycles. The average Bonchev–Trinajstić information content (AvgIpc) is 2.80. The van der Waals surface area contributed by atoms with Crippen LogP contribution in [0.4, 0.5) is 18.9 Å². The van der Waals surface area contributed by atoms with Gasteiger partial charge in [-0.2, -0.15) is 13.2 Å². The molecule has 2 rings (SSSR count). The van der Waals surface area contributed by atoms with Gasteiger partial charge in [-0.15, -0.1) is 0 Å². The van der Waals surface area contributed by atoms with E-state index in [2.05, 4.69) is 0 Å². The fourth-order valence-corrected chi connectivity index (χ4v) is 3.15. The molecule has 0 N–H and O–H groups in total. The summed E-state index contributed by atoms with van der Waals surface area (Å²) < 4.78 is 43.5. The molecule has 0 aliphatic carbocycles. The maximum atomic E-state index is 12.9. The number of amides is 1. The molecule has 1 amide bonds. The molecule has 1 heterocycles. The van der Waals surface area contributed by atoms with Gasteiger partial charge in [-0.05, 0) is 31.5 Å². The van der Waals surface area contributed by atoms with E-state index in [1.54, 1.807) is 13.8 Å². The Labute approximate surface area is 142 Å².